The van der Waals surface area contributed by atoms with E-state index >= 15 is 0 Å². The number of ether oxygens (including phenoxy) is 5. The highest BCUT2D eigenvalue weighted by atomic mass is 16.7. The number of aliphatic hydroxyl groups excluding tert-OH is 2. The van der Waals surface area contributed by atoms with Crippen LogP contribution in [0, 0.1) is 0 Å². The van der Waals surface area contributed by atoms with Gasteiger partial charge in [0, 0.05) is 5.57 Å². The quantitative estimate of drug-likeness (QED) is 0.0773. The third kappa shape index (κ3) is 13.3. The summed E-state index contributed by atoms with van der Waals surface area (Å²) < 4.78 is 30.2. The van der Waals surface area contributed by atoms with Crippen LogP contribution in [-0.4, -0.2) is 76.9 Å². The average molecular weight is 679 g/mol. The Morgan fingerprint density at radius 3 is 1.73 bits per heavy atom. The molecular weight excluding hydrogens is 608 g/mol. The molecule has 4 rings (SSSR count). The maximum atomic E-state index is 11.7. The van der Waals surface area contributed by atoms with Gasteiger partial charge in [0.25, 0.3) is 0 Å². The lowest BCUT2D eigenvalue weighted by molar-refractivity contribution is -0.147. The molecule has 9 atom stereocenters. The minimum Gasteiger partial charge on any atom is -0.455 e. The molecule has 4 heterocycles. The smallest absolute Gasteiger partial charge is 0.334 e. The Bertz CT molecular complexity index is 952. The molecule has 4 aliphatic rings. The van der Waals surface area contributed by atoms with Gasteiger partial charge in [0.2, 0.25) is 0 Å². The normalized spacial score (nSPS) is 31.3. The SMILES string of the molecule is CCCCC[C@@H]1OC(C)(C)O[C@@H]1CCC[C@H](O)[C@H]1CC[C@H]([C@H]2CC[C@H]([C@H](O)CCCCCCCCCCCCC3=C[C@H](C)OC3=O)O2)O1. The minimum absolute atomic E-state index is 0.0180. The number of hydrogen-bond donors (Lipinski definition) is 2. The molecule has 0 unspecified atom stereocenters. The van der Waals surface area contributed by atoms with Crippen LogP contribution >= 0.6 is 0 Å². The third-order valence-electron chi connectivity index (χ3n) is 11.0. The summed E-state index contributed by atoms with van der Waals surface area (Å²) in [4.78, 5) is 11.7. The minimum atomic E-state index is -0.524. The number of carbonyl (C=O) groups is 1. The summed E-state index contributed by atoms with van der Waals surface area (Å²) in [5.41, 5.74) is 0.864. The van der Waals surface area contributed by atoms with E-state index in [-0.39, 0.29) is 48.7 Å². The Balaban J connectivity index is 0.983. The first-order chi connectivity index (χ1) is 23.1. The van der Waals surface area contributed by atoms with Crippen LogP contribution in [0.3, 0.4) is 0 Å². The molecule has 278 valence electrons. The average Bonchev–Trinajstić information content (AvgIpc) is 3.84. The van der Waals surface area contributed by atoms with Crippen molar-refractivity contribution in [1.29, 1.82) is 0 Å². The number of cyclic esters (lactones) is 1. The molecule has 0 aliphatic carbocycles. The van der Waals surface area contributed by atoms with E-state index in [2.05, 4.69) is 6.92 Å². The van der Waals surface area contributed by atoms with Crippen molar-refractivity contribution in [2.45, 2.75) is 236 Å². The van der Waals surface area contributed by atoms with Crippen LogP contribution in [0.4, 0.5) is 0 Å². The summed E-state index contributed by atoms with van der Waals surface area (Å²) in [5, 5.41) is 21.8. The summed E-state index contributed by atoms with van der Waals surface area (Å²) in [5.74, 6) is -0.646. The van der Waals surface area contributed by atoms with Crippen LogP contribution in [0.25, 0.3) is 0 Å². The Kier molecular flexibility index (Phi) is 17.2. The van der Waals surface area contributed by atoms with Gasteiger partial charge in [-0.15, -0.1) is 0 Å². The second-order valence-electron chi connectivity index (χ2n) is 15.7. The molecular formula is C40H70O8. The van der Waals surface area contributed by atoms with Gasteiger partial charge < -0.3 is 33.9 Å². The van der Waals surface area contributed by atoms with E-state index in [1.54, 1.807) is 0 Å². The molecule has 2 N–H and O–H groups in total. The standard InChI is InChI=1S/C40H70O8/c1-5-6-15-22-37-38(48-40(3,4)47-37)23-18-21-32(42)34-25-27-36(46-34)35-26-24-33(45-35)31(41)20-17-14-12-10-8-7-9-11-13-16-19-30-28-29(2)44-39(30)43/h28-29,31-38,41-42H,5-27H2,1-4H3/t29-,31+,32-,33+,34+,35+,36+,37-,38+/m0/s1. The third-order valence-corrected chi connectivity index (χ3v) is 11.0. The molecule has 0 amide bonds. The maximum Gasteiger partial charge on any atom is 0.334 e. The maximum absolute atomic E-state index is 11.7. The summed E-state index contributed by atoms with van der Waals surface area (Å²) >= 11 is 0. The Morgan fingerprint density at radius 2 is 1.21 bits per heavy atom. The second-order valence-corrected chi connectivity index (χ2v) is 15.7. The van der Waals surface area contributed by atoms with Gasteiger partial charge >= 0.3 is 5.97 Å². The monoisotopic (exact) mass is 679 g/mol. The fraction of sp³-hybridized carbons (Fsp3) is 0.925. The number of esters is 1. The first-order valence-corrected chi connectivity index (χ1v) is 20.1. The molecule has 3 saturated heterocycles. The van der Waals surface area contributed by atoms with Gasteiger partial charge in [-0.3, -0.25) is 0 Å². The highest BCUT2D eigenvalue weighted by molar-refractivity contribution is 5.90. The lowest BCUT2D eigenvalue weighted by Gasteiger charge is -2.24. The van der Waals surface area contributed by atoms with Crippen LogP contribution in [0.1, 0.15) is 175 Å². The first kappa shape index (κ1) is 39.8. The molecule has 0 aromatic rings. The fourth-order valence-corrected chi connectivity index (χ4v) is 8.28. The van der Waals surface area contributed by atoms with E-state index in [0.717, 1.165) is 76.2 Å². The van der Waals surface area contributed by atoms with Crippen LogP contribution in [-0.2, 0) is 28.5 Å². The van der Waals surface area contributed by atoms with E-state index in [1.807, 2.05) is 26.8 Å². The molecule has 8 nitrogen and oxygen atoms in total. The summed E-state index contributed by atoms with van der Waals surface area (Å²) in [6, 6.07) is 0. The van der Waals surface area contributed by atoms with Crippen molar-refractivity contribution in [2.75, 3.05) is 0 Å². The van der Waals surface area contributed by atoms with E-state index in [1.165, 1.54) is 70.6 Å². The summed E-state index contributed by atoms with van der Waals surface area (Å²) in [7, 11) is 0. The Hall–Kier alpha value is -1.03. The number of unbranched alkanes of at least 4 members (excludes halogenated alkanes) is 11. The largest absolute Gasteiger partial charge is 0.455 e. The first-order valence-electron chi connectivity index (χ1n) is 20.1. The van der Waals surface area contributed by atoms with Gasteiger partial charge in [0.1, 0.15) is 6.10 Å². The van der Waals surface area contributed by atoms with Crippen molar-refractivity contribution >= 4 is 5.97 Å². The van der Waals surface area contributed by atoms with Crippen molar-refractivity contribution < 1.29 is 38.7 Å². The van der Waals surface area contributed by atoms with Crippen molar-refractivity contribution in [2.24, 2.45) is 0 Å². The van der Waals surface area contributed by atoms with Gasteiger partial charge in [-0.1, -0.05) is 84.0 Å². The molecule has 0 aromatic heterocycles. The van der Waals surface area contributed by atoms with Gasteiger partial charge in [-0.25, -0.2) is 4.79 Å². The van der Waals surface area contributed by atoms with E-state index in [4.69, 9.17) is 23.7 Å². The van der Waals surface area contributed by atoms with Gasteiger partial charge in [-0.05, 0) is 97.5 Å². The van der Waals surface area contributed by atoms with Crippen molar-refractivity contribution in [3.63, 3.8) is 0 Å². The van der Waals surface area contributed by atoms with Gasteiger partial charge in [0.05, 0.1) is 48.8 Å². The summed E-state index contributed by atoms with van der Waals surface area (Å²) in [6.45, 7) is 8.14. The topological polar surface area (TPSA) is 104 Å². The lowest BCUT2D eigenvalue weighted by Crippen LogP contribution is -2.33. The molecule has 0 radical (unpaired) electrons. The Morgan fingerprint density at radius 1 is 0.708 bits per heavy atom. The number of hydrogen-bond acceptors (Lipinski definition) is 8. The van der Waals surface area contributed by atoms with E-state index in [0.29, 0.717) is 6.42 Å². The molecule has 0 bridgehead atoms. The highest BCUT2D eigenvalue weighted by Gasteiger charge is 2.42. The Labute approximate surface area is 292 Å². The predicted octanol–water partition coefficient (Wildman–Crippen LogP) is 8.63. The lowest BCUT2D eigenvalue weighted by atomic mass is 9.98. The zero-order valence-corrected chi connectivity index (χ0v) is 30.9. The molecule has 8 heteroatoms. The van der Waals surface area contributed by atoms with Crippen molar-refractivity contribution in [3.05, 3.63) is 11.6 Å². The van der Waals surface area contributed by atoms with Crippen LogP contribution in [0.2, 0.25) is 0 Å². The van der Waals surface area contributed by atoms with E-state index < -0.39 is 18.0 Å². The molecule has 0 spiro atoms. The van der Waals surface area contributed by atoms with E-state index in [9.17, 15) is 15.0 Å². The molecule has 0 saturated carbocycles. The van der Waals surface area contributed by atoms with Gasteiger partial charge in [-0.2, -0.15) is 0 Å². The summed E-state index contributed by atoms with van der Waals surface area (Å²) in [6.07, 6.45) is 25.5. The molecule has 4 aliphatic heterocycles. The molecule has 3 fully saturated rings. The van der Waals surface area contributed by atoms with Crippen LogP contribution in [0.15, 0.2) is 11.6 Å². The number of carbonyl (C=O) groups excluding carboxylic acids is 1. The zero-order chi connectivity index (χ0) is 34.4. The molecule has 48 heavy (non-hydrogen) atoms. The predicted molar refractivity (Wildman–Crippen MR) is 189 cm³/mol. The number of aliphatic hydroxyl groups is 2. The second kappa shape index (κ2) is 20.7. The van der Waals surface area contributed by atoms with Crippen molar-refractivity contribution in [3.8, 4) is 0 Å². The van der Waals surface area contributed by atoms with Crippen LogP contribution < -0.4 is 0 Å². The molecule has 0 aromatic carbocycles. The van der Waals surface area contributed by atoms with Crippen molar-refractivity contribution in [1.82, 2.24) is 0 Å². The highest BCUT2D eigenvalue weighted by Crippen LogP contribution is 2.36. The fourth-order valence-electron chi connectivity index (χ4n) is 8.28. The number of rotatable bonds is 24. The zero-order valence-electron chi connectivity index (χ0n) is 30.9. The van der Waals surface area contributed by atoms with Gasteiger partial charge in [0.15, 0.2) is 5.79 Å². The van der Waals surface area contributed by atoms with Crippen LogP contribution in [0.5, 0.6) is 0 Å².